The third-order valence-electron chi connectivity index (χ3n) is 9.51. The van der Waals surface area contributed by atoms with Crippen molar-refractivity contribution in [1.29, 1.82) is 0 Å². The van der Waals surface area contributed by atoms with Gasteiger partial charge in [-0.3, -0.25) is 9.78 Å². The molecule has 5 aromatic rings. The number of carbonyl (C=O) groups excluding carboxylic acids is 1. The molecular formula is C38H40Cl2N6O3. The van der Waals surface area contributed by atoms with Gasteiger partial charge in [0.25, 0.3) is 0 Å². The summed E-state index contributed by atoms with van der Waals surface area (Å²) in [5.41, 5.74) is 7.80. The molecule has 11 heteroatoms. The van der Waals surface area contributed by atoms with Gasteiger partial charge in [0, 0.05) is 104 Å². The Morgan fingerprint density at radius 1 is 0.980 bits per heavy atom. The predicted octanol–water partition coefficient (Wildman–Crippen LogP) is 6.92. The quantitative estimate of drug-likeness (QED) is 0.138. The normalized spacial score (nSPS) is 16.7. The first-order chi connectivity index (χ1) is 23.9. The van der Waals surface area contributed by atoms with Crippen LogP contribution in [0.4, 0.5) is 0 Å². The number of carbonyl (C=O) groups is 1. The fourth-order valence-corrected chi connectivity index (χ4v) is 7.47. The first-order valence-electron chi connectivity index (χ1n) is 16.8. The Hall–Kier alpha value is -3.99. The predicted molar refractivity (Wildman–Crippen MR) is 195 cm³/mol. The highest BCUT2D eigenvalue weighted by Crippen LogP contribution is 2.42. The van der Waals surface area contributed by atoms with Crippen LogP contribution in [0.1, 0.15) is 36.8 Å². The van der Waals surface area contributed by atoms with Gasteiger partial charge >= 0.3 is 0 Å². The minimum Gasteiger partial charge on any atom is -0.496 e. The molecule has 49 heavy (non-hydrogen) atoms. The highest BCUT2D eigenvalue weighted by molar-refractivity contribution is 6.39. The highest BCUT2D eigenvalue weighted by atomic mass is 35.5. The highest BCUT2D eigenvalue weighted by Gasteiger charge is 2.21. The Bertz CT molecular complexity index is 1990. The molecule has 254 valence electrons. The number of amides is 1. The third kappa shape index (κ3) is 7.18. The number of hydrogen-bond donors (Lipinski definition) is 3. The second-order valence-corrected chi connectivity index (χ2v) is 13.5. The molecule has 3 N–H and O–H groups in total. The molecule has 2 fully saturated rings. The number of aromatic nitrogens is 3. The maximum Gasteiger partial charge on any atom is 0.220 e. The standard InChI is InChI=1S/C38H40Cl2N6O3/c1-46-22-25(20-43-26-13-16-49-17-14-26)28-9-10-32(45-38(28)46)31-5-3-4-29(35(31)39)30-12-15-42-37(36(30)40)23-6-7-24(33(18-23)48-2)19-41-21-27-8-11-34(47)44-27/h3-7,9-10,12,15,18,22,26-27,41,43H,8,11,13-14,16-17,19-21H2,1-2H3,(H,44,47)/t27-/m0/s1. The van der Waals surface area contributed by atoms with Crippen molar-refractivity contribution in [3.8, 4) is 39.4 Å². The van der Waals surface area contributed by atoms with Crippen LogP contribution in [0.25, 0.3) is 44.7 Å². The Balaban J connectivity index is 1.13. The fourth-order valence-electron chi connectivity index (χ4n) is 6.82. The topological polar surface area (TPSA) is 102 Å². The van der Waals surface area contributed by atoms with E-state index in [-0.39, 0.29) is 11.9 Å². The average Bonchev–Trinajstić information content (AvgIpc) is 3.69. The summed E-state index contributed by atoms with van der Waals surface area (Å²) in [6, 6.07) is 18.6. The van der Waals surface area contributed by atoms with Crippen molar-refractivity contribution in [2.24, 2.45) is 7.05 Å². The summed E-state index contributed by atoms with van der Waals surface area (Å²) in [6.07, 6.45) is 7.41. The van der Waals surface area contributed by atoms with E-state index < -0.39 is 0 Å². The number of nitrogens with zero attached hydrogens (tertiary/aromatic N) is 3. The van der Waals surface area contributed by atoms with Crippen LogP contribution in [0.5, 0.6) is 5.75 Å². The lowest BCUT2D eigenvalue weighted by Crippen LogP contribution is -2.35. The molecule has 2 saturated heterocycles. The number of ether oxygens (including phenoxy) is 2. The summed E-state index contributed by atoms with van der Waals surface area (Å²) in [5.74, 6) is 0.843. The maximum absolute atomic E-state index is 11.5. The number of fused-ring (bicyclic) bond motifs is 1. The van der Waals surface area contributed by atoms with Crippen LogP contribution in [0.2, 0.25) is 10.0 Å². The van der Waals surface area contributed by atoms with E-state index >= 15 is 0 Å². The molecule has 2 aliphatic heterocycles. The lowest BCUT2D eigenvalue weighted by atomic mass is 9.99. The van der Waals surface area contributed by atoms with Gasteiger partial charge in [0.05, 0.1) is 28.5 Å². The third-order valence-corrected chi connectivity index (χ3v) is 10.3. The van der Waals surface area contributed by atoms with Gasteiger partial charge in [-0.1, -0.05) is 53.5 Å². The molecular weight excluding hydrogens is 659 g/mol. The van der Waals surface area contributed by atoms with Crippen LogP contribution in [0.15, 0.2) is 67.0 Å². The molecule has 3 aromatic heterocycles. The number of aryl methyl sites for hydroxylation is 1. The molecule has 0 saturated carbocycles. The van der Waals surface area contributed by atoms with Crippen molar-refractivity contribution in [2.45, 2.75) is 50.9 Å². The van der Waals surface area contributed by atoms with Crippen molar-refractivity contribution in [3.05, 3.63) is 88.2 Å². The smallest absolute Gasteiger partial charge is 0.220 e. The molecule has 0 bridgehead atoms. The van der Waals surface area contributed by atoms with E-state index in [0.29, 0.717) is 41.3 Å². The van der Waals surface area contributed by atoms with Gasteiger partial charge in [0.1, 0.15) is 11.4 Å². The molecule has 2 aromatic carbocycles. The van der Waals surface area contributed by atoms with Gasteiger partial charge in [-0.05, 0) is 49.1 Å². The number of hydrogen-bond acceptors (Lipinski definition) is 7. The number of pyridine rings is 2. The number of rotatable bonds is 11. The zero-order valence-electron chi connectivity index (χ0n) is 27.7. The Kier molecular flexibility index (Phi) is 10.2. The van der Waals surface area contributed by atoms with Crippen molar-refractivity contribution < 1.29 is 14.3 Å². The molecule has 0 spiro atoms. The van der Waals surface area contributed by atoms with Crippen LogP contribution < -0.4 is 20.7 Å². The monoisotopic (exact) mass is 698 g/mol. The van der Waals surface area contributed by atoms with Gasteiger partial charge in [-0.15, -0.1) is 0 Å². The summed E-state index contributed by atoms with van der Waals surface area (Å²) in [5, 5.41) is 12.3. The van der Waals surface area contributed by atoms with Crippen molar-refractivity contribution in [2.75, 3.05) is 26.9 Å². The molecule has 9 nitrogen and oxygen atoms in total. The second-order valence-electron chi connectivity index (χ2n) is 12.7. The number of nitrogens with one attached hydrogen (secondary N) is 3. The van der Waals surface area contributed by atoms with E-state index in [1.807, 2.05) is 55.6 Å². The first-order valence-corrected chi connectivity index (χ1v) is 17.5. The minimum absolute atomic E-state index is 0.113. The van der Waals surface area contributed by atoms with Gasteiger partial charge < -0.3 is 30.0 Å². The first kappa shape index (κ1) is 33.5. The van der Waals surface area contributed by atoms with Crippen LogP contribution in [0.3, 0.4) is 0 Å². The van der Waals surface area contributed by atoms with E-state index in [1.54, 1.807) is 13.3 Å². The minimum atomic E-state index is 0.113. The summed E-state index contributed by atoms with van der Waals surface area (Å²) in [6.45, 7) is 3.73. The van der Waals surface area contributed by atoms with E-state index in [1.165, 1.54) is 5.56 Å². The zero-order valence-corrected chi connectivity index (χ0v) is 29.2. The van der Waals surface area contributed by atoms with Gasteiger partial charge in [-0.25, -0.2) is 4.98 Å². The summed E-state index contributed by atoms with van der Waals surface area (Å²) in [4.78, 5) is 21.2. The fraction of sp³-hybridized carbons (Fsp3) is 0.342. The van der Waals surface area contributed by atoms with Crippen LogP contribution in [-0.2, 0) is 29.7 Å². The van der Waals surface area contributed by atoms with Crippen LogP contribution >= 0.6 is 23.2 Å². The molecule has 2 aliphatic rings. The molecule has 0 unspecified atom stereocenters. The summed E-state index contributed by atoms with van der Waals surface area (Å²) < 4.78 is 13.3. The Morgan fingerprint density at radius 3 is 2.59 bits per heavy atom. The van der Waals surface area contributed by atoms with Crippen molar-refractivity contribution >= 4 is 40.1 Å². The summed E-state index contributed by atoms with van der Waals surface area (Å²) in [7, 11) is 3.69. The van der Waals surface area contributed by atoms with Crippen molar-refractivity contribution in [3.63, 3.8) is 0 Å². The zero-order chi connectivity index (χ0) is 33.9. The largest absolute Gasteiger partial charge is 0.496 e. The van der Waals surface area contributed by atoms with E-state index in [4.69, 9.17) is 37.7 Å². The molecule has 1 atom stereocenters. The summed E-state index contributed by atoms with van der Waals surface area (Å²) >= 11 is 14.3. The van der Waals surface area contributed by atoms with Gasteiger partial charge in [0.2, 0.25) is 5.91 Å². The number of halogens is 2. The lowest BCUT2D eigenvalue weighted by Gasteiger charge is -2.23. The van der Waals surface area contributed by atoms with E-state index in [2.05, 4.69) is 37.8 Å². The molecule has 7 rings (SSSR count). The number of benzene rings is 2. The Morgan fingerprint density at radius 2 is 1.80 bits per heavy atom. The van der Waals surface area contributed by atoms with Crippen LogP contribution in [0, 0.1) is 0 Å². The molecule has 0 aliphatic carbocycles. The maximum atomic E-state index is 11.5. The second kappa shape index (κ2) is 14.9. The molecule has 5 heterocycles. The molecule has 0 radical (unpaired) electrons. The Labute approximate surface area is 296 Å². The van der Waals surface area contributed by atoms with E-state index in [0.717, 1.165) is 89.3 Å². The SMILES string of the molecule is COc1cc(-c2nccc(-c3cccc(-c4ccc5c(CNC6CCOCC6)cn(C)c5n4)c3Cl)c2Cl)ccc1CNC[C@@H]1CCC(=O)N1. The number of methoxy groups -OCH3 is 1. The van der Waals surface area contributed by atoms with Gasteiger partial charge in [0.15, 0.2) is 0 Å². The molecule has 1 amide bonds. The average molecular weight is 700 g/mol. The van der Waals surface area contributed by atoms with E-state index in [9.17, 15) is 4.79 Å². The lowest BCUT2D eigenvalue weighted by molar-refractivity contribution is -0.119. The van der Waals surface area contributed by atoms with Crippen molar-refractivity contribution in [1.82, 2.24) is 30.5 Å². The van der Waals surface area contributed by atoms with Crippen LogP contribution in [-0.4, -0.2) is 59.4 Å². The van der Waals surface area contributed by atoms with Gasteiger partial charge in [-0.2, -0.15) is 0 Å².